The average Bonchev–Trinajstić information content (AvgIpc) is 2.96. The Labute approximate surface area is 148 Å². The molecule has 1 aromatic heterocycles. The molecule has 4 N–H and O–H groups in total. The largest absolute Gasteiger partial charge is 0.508 e. The molecule has 3 aromatic rings. The maximum absolute atomic E-state index is 12.3. The Morgan fingerprint density at radius 3 is 2.54 bits per heavy atom. The van der Waals surface area contributed by atoms with Crippen molar-refractivity contribution in [3.8, 4) is 28.6 Å². The Balaban J connectivity index is 2.25. The number of benzene rings is 2. The van der Waals surface area contributed by atoms with Crippen molar-refractivity contribution in [2.24, 2.45) is 0 Å². The van der Waals surface area contributed by atoms with Gasteiger partial charge in [0, 0.05) is 6.07 Å². The van der Waals surface area contributed by atoms with Crippen LogP contribution < -0.4 is 5.69 Å². The predicted molar refractivity (Wildman–Crippen MR) is 94.0 cm³/mol. The number of H-pyrrole nitrogens is 1. The summed E-state index contributed by atoms with van der Waals surface area (Å²) in [7, 11) is 0. The third-order valence-corrected chi connectivity index (χ3v) is 4.03. The lowest BCUT2D eigenvalue weighted by atomic mass is 9.98. The number of carboxylic acids is 1. The minimum atomic E-state index is -1.13. The average molecular weight is 355 g/mol. The molecule has 0 radical (unpaired) electrons. The summed E-state index contributed by atoms with van der Waals surface area (Å²) in [5.41, 5.74) is 0.544. The first-order valence-electron chi connectivity index (χ1n) is 7.87. The molecule has 3 rings (SSSR count). The summed E-state index contributed by atoms with van der Waals surface area (Å²) in [4.78, 5) is 23.5. The van der Waals surface area contributed by atoms with Crippen molar-refractivity contribution in [1.82, 2.24) is 14.8 Å². The van der Waals surface area contributed by atoms with E-state index < -0.39 is 11.7 Å². The first-order chi connectivity index (χ1) is 12.3. The number of hydrogen-bond acceptors (Lipinski definition) is 5. The Bertz CT molecular complexity index is 1050. The van der Waals surface area contributed by atoms with Gasteiger partial charge in [-0.2, -0.15) is 5.10 Å². The standard InChI is InChI=1S/C18H17N3O5/c1-9(2)12-7-13(15(23)8-14(12)22)16-19-20-18(26)21(16)11-5-3-4-10(6-11)17(24)25/h3-9,22-23H,1-2H3,(H,20,26)(H,24,25). The van der Waals surface area contributed by atoms with Gasteiger partial charge >= 0.3 is 11.7 Å². The van der Waals surface area contributed by atoms with Gasteiger partial charge in [0.15, 0.2) is 5.82 Å². The number of phenolic OH excluding ortho intramolecular Hbond substituents is 2. The fourth-order valence-corrected chi connectivity index (χ4v) is 2.73. The number of aromatic carboxylic acids is 1. The number of aromatic hydroxyl groups is 2. The van der Waals surface area contributed by atoms with Crippen LogP contribution in [-0.2, 0) is 0 Å². The number of nitrogens with zero attached hydrogens (tertiary/aromatic N) is 2. The van der Waals surface area contributed by atoms with E-state index in [9.17, 15) is 19.8 Å². The predicted octanol–water partition coefficient (Wildman–Crippen LogP) is 2.46. The number of phenols is 2. The fraction of sp³-hybridized carbons (Fsp3) is 0.167. The lowest BCUT2D eigenvalue weighted by molar-refractivity contribution is 0.0697. The first kappa shape index (κ1) is 17.3. The molecule has 0 aliphatic carbocycles. The smallest absolute Gasteiger partial charge is 0.348 e. The molecule has 1 heterocycles. The van der Waals surface area contributed by atoms with Gasteiger partial charge in [0.1, 0.15) is 11.5 Å². The summed E-state index contributed by atoms with van der Waals surface area (Å²) in [5.74, 6) is -1.35. The van der Waals surface area contributed by atoms with Crippen LogP contribution in [-0.4, -0.2) is 36.1 Å². The number of hydrogen-bond donors (Lipinski definition) is 4. The highest BCUT2D eigenvalue weighted by atomic mass is 16.4. The molecule has 0 spiro atoms. The van der Waals surface area contributed by atoms with E-state index in [0.29, 0.717) is 5.56 Å². The summed E-state index contributed by atoms with van der Waals surface area (Å²) in [6.07, 6.45) is 0. The minimum absolute atomic E-state index is 0.0133. The van der Waals surface area contributed by atoms with Gasteiger partial charge in [-0.15, -0.1) is 0 Å². The van der Waals surface area contributed by atoms with Crippen LogP contribution in [0.5, 0.6) is 11.5 Å². The van der Waals surface area contributed by atoms with Crippen LogP contribution in [0.3, 0.4) is 0 Å². The molecule has 134 valence electrons. The Kier molecular flexibility index (Phi) is 4.25. The highest BCUT2D eigenvalue weighted by Gasteiger charge is 2.20. The van der Waals surface area contributed by atoms with Crippen LogP contribution in [0.1, 0.15) is 35.7 Å². The van der Waals surface area contributed by atoms with Crippen LogP contribution in [0.25, 0.3) is 17.1 Å². The molecule has 0 fully saturated rings. The monoisotopic (exact) mass is 355 g/mol. The number of aromatic nitrogens is 3. The zero-order valence-corrected chi connectivity index (χ0v) is 14.1. The van der Waals surface area contributed by atoms with Gasteiger partial charge < -0.3 is 15.3 Å². The second kappa shape index (κ2) is 6.40. The number of aromatic amines is 1. The van der Waals surface area contributed by atoms with Gasteiger partial charge in [-0.25, -0.2) is 19.3 Å². The number of carboxylic acid groups (broad SMARTS) is 1. The fourth-order valence-electron chi connectivity index (χ4n) is 2.73. The number of nitrogens with one attached hydrogen (secondary N) is 1. The quantitative estimate of drug-likeness (QED) is 0.569. The maximum atomic E-state index is 12.3. The van der Waals surface area contributed by atoms with E-state index >= 15 is 0 Å². The lowest BCUT2D eigenvalue weighted by Gasteiger charge is -2.13. The van der Waals surface area contributed by atoms with Crippen molar-refractivity contribution >= 4 is 5.97 Å². The molecular weight excluding hydrogens is 338 g/mol. The van der Waals surface area contributed by atoms with Crippen molar-refractivity contribution in [2.45, 2.75) is 19.8 Å². The zero-order chi connectivity index (χ0) is 19.0. The highest BCUT2D eigenvalue weighted by Crippen LogP contribution is 2.37. The normalized spacial score (nSPS) is 11.0. The van der Waals surface area contributed by atoms with Crippen molar-refractivity contribution < 1.29 is 20.1 Å². The summed E-state index contributed by atoms with van der Waals surface area (Å²) >= 11 is 0. The zero-order valence-electron chi connectivity index (χ0n) is 14.1. The lowest BCUT2D eigenvalue weighted by Crippen LogP contribution is -2.16. The Hall–Kier alpha value is -3.55. The molecule has 0 bridgehead atoms. The van der Waals surface area contributed by atoms with Gasteiger partial charge in [0.05, 0.1) is 16.8 Å². The van der Waals surface area contributed by atoms with Crippen LogP contribution in [0.4, 0.5) is 0 Å². The summed E-state index contributed by atoms with van der Waals surface area (Å²) in [6.45, 7) is 3.76. The first-order valence-corrected chi connectivity index (χ1v) is 7.87. The van der Waals surface area contributed by atoms with Crippen LogP contribution in [0.2, 0.25) is 0 Å². The summed E-state index contributed by atoms with van der Waals surface area (Å²) in [6, 6.07) is 8.57. The van der Waals surface area contributed by atoms with Crippen LogP contribution in [0.15, 0.2) is 41.2 Å². The topological polar surface area (TPSA) is 128 Å². The van der Waals surface area contributed by atoms with E-state index in [4.69, 9.17) is 5.11 Å². The van der Waals surface area contributed by atoms with Gasteiger partial charge in [-0.3, -0.25) is 0 Å². The second-order valence-corrected chi connectivity index (χ2v) is 6.13. The van der Waals surface area contributed by atoms with E-state index in [1.807, 2.05) is 13.8 Å². The SMILES string of the molecule is CC(C)c1cc(-c2n[nH]c(=O)n2-c2cccc(C(=O)O)c2)c(O)cc1O. The van der Waals surface area contributed by atoms with E-state index in [-0.39, 0.29) is 40.1 Å². The van der Waals surface area contributed by atoms with Crippen molar-refractivity contribution in [1.29, 1.82) is 0 Å². The molecule has 0 saturated carbocycles. The molecule has 0 unspecified atom stereocenters. The Morgan fingerprint density at radius 1 is 1.15 bits per heavy atom. The number of carbonyl (C=O) groups is 1. The minimum Gasteiger partial charge on any atom is -0.508 e. The number of rotatable bonds is 4. The van der Waals surface area contributed by atoms with Gasteiger partial charge in [0.25, 0.3) is 0 Å². The second-order valence-electron chi connectivity index (χ2n) is 6.13. The molecule has 0 amide bonds. The van der Waals surface area contributed by atoms with E-state index in [1.54, 1.807) is 12.1 Å². The highest BCUT2D eigenvalue weighted by molar-refractivity contribution is 5.88. The molecular formula is C18H17N3O5. The summed E-state index contributed by atoms with van der Waals surface area (Å²) < 4.78 is 1.17. The molecule has 2 aromatic carbocycles. The van der Waals surface area contributed by atoms with Crippen LogP contribution >= 0.6 is 0 Å². The van der Waals surface area contributed by atoms with E-state index in [0.717, 1.165) is 0 Å². The molecule has 0 atom stereocenters. The maximum Gasteiger partial charge on any atom is 0.348 e. The van der Waals surface area contributed by atoms with Crippen molar-refractivity contribution in [3.63, 3.8) is 0 Å². The van der Waals surface area contributed by atoms with Crippen molar-refractivity contribution in [3.05, 3.63) is 58.0 Å². The van der Waals surface area contributed by atoms with Gasteiger partial charge in [-0.05, 0) is 35.7 Å². The molecule has 8 heteroatoms. The third kappa shape index (κ3) is 2.92. The van der Waals surface area contributed by atoms with Crippen LogP contribution in [0, 0.1) is 0 Å². The molecule has 0 saturated heterocycles. The molecule has 26 heavy (non-hydrogen) atoms. The Morgan fingerprint density at radius 2 is 1.88 bits per heavy atom. The van der Waals surface area contributed by atoms with E-state index in [2.05, 4.69) is 10.2 Å². The third-order valence-electron chi connectivity index (χ3n) is 4.03. The van der Waals surface area contributed by atoms with Gasteiger partial charge in [-0.1, -0.05) is 19.9 Å². The van der Waals surface area contributed by atoms with E-state index in [1.165, 1.54) is 28.8 Å². The molecule has 8 nitrogen and oxygen atoms in total. The molecule has 0 aliphatic rings. The van der Waals surface area contributed by atoms with Gasteiger partial charge in [0.2, 0.25) is 0 Å². The molecule has 0 aliphatic heterocycles. The van der Waals surface area contributed by atoms with Crippen molar-refractivity contribution in [2.75, 3.05) is 0 Å². The summed E-state index contributed by atoms with van der Waals surface area (Å²) in [5, 5.41) is 35.7.